The second-order valence-electron chi connectivity index (χ2n) is 4.12. The van der Waals surface area contributed by atoms with Crippen LogP contribution in [0.25, 0.3) is 0 Å². The lowest BCUT2D eigenvalue weighted by molar-refractivity contribution is 0.0607. The first-order valence-electron chi connectivity index (χ1n) is 5.05. The van der Waals surface area contributed by atoms with Crippen LogP contribution in [0.5, 0.6) is 0 Å². The highest BCUT2D eigenvalue weighted by atomic mass is 16.3. The maximum Gasteiger partial charge on any atom is 0.0540 e. The van der Waals surface area contributed by atoms with Gasteiger partial charge in [-0.2, -0.15) is 0 Å². The highest BCUT2D eigenvalue weighted by Gasteiger charge is 2.32. The molecule has 0 spiro atoms. The number of rotatable bonds is 3. The van der Waals surface area contributed by atoms with Gasteiger partial charge in [0.1, 0.15) is 0 Å². The quantitative estimate of drug-likeness (QED) is 0.675. The van der Waals surface area contributed by atoms with Gasteiger partial charge in [0.2, 0.25) is 0 Å². The van der Waals surface area contributed by atoms with Gasteiger partial charge in [0.15, 0.2) is 0 Å². The fourth-order valence-corrected chi connectivity index (χ4v) is 2.25. The predicted octanol–water partition coefficient (Wildman–Crippen LogP) is 1.54. The predicted molar refractivity (Wildman–Crippen MR) is 51.1 cm³/mol. The number of nitrogens with one attached hydrogen (secondary N) is 1. The number of hydrogen-bond acceptors (Lipinski definition) is 2. The monoisotopic (exact) mass is 171 g/mol. The van der Waals surface area contributed by atoms with Gasteiger partial charge in [0.25, 0.3) is 0 Å². The van der Waals surface area contributed by atoms with Gasteiger partial charge in [0, 0.05) is 6.54 Å². The number of aliphatic hydroxyl groups is 1. The Labute approximate surface area is 75.4 Å². The van der Waals surface area contributed by atoms with Crippen molar-refractivity contribution in [1.29, 1.82) is 0 Å². The van der Waals surface area contributed by atoms with E-state index in [9.17, 15) is 5.11 Å². The average molecular weight is 171 g/mol. The van der Waals surface area contributed by atoms with Gasteiger partial charge in [-0.1, -0.05) is 6.92 Å². The second kappa shape index (κ2) is 4.24. The molecule has 0 unspecified atom stereocenters. The van der Waals surface area contributed by atoms with Crippen LogP contribution in [-0.2, 0) is 0 Å². The number of hydrogen-bond donors (Lipinski definition) is 2. The van der Waals surface area contributed by atoms with Crippen LogP contribution in [0, 0.1) is 5.41 Å². The summed E-state index contributed by atoms with van der Waals surface area (Å²) in [5.41, 5.74) is 0.480. The van der Waals surface area contributed by atoms with Crippen LogP contribution in [0.2, 0.25) is 0 Å². The smallest absolute Gasteiger partial charge is 0.0540 e. The Balaban J connectivity index is 2.45. The van der Waals surface area contributed by atoms with Crippen molar-refractivity contribution >= 4 is 0 Å². The first-order chi connectivity index (χ1) is 5.72. The summed E-state index contributed by atoms with van der Waals surface area (Å²) in [5, 5.41) is 12.6. The third-order valence-corrected chi connectivity index (χ3v) is 3.32. The molecule has 2 nitrogen and oxygen atoms in total. The molecule has 1 fully saturated rings. The van der Waals surface area contributed by atoms with Gasteiger partial charge in [-0.15, -0.1) is 0 Å². The molecule has 0 aromatic heterocycles. The van der Waals surface area contributed by atoms with Gasteiger partial charge < -0.3 is 10.4 Å². The molecule has 0 bridgehead atoms. The summed E-state index contributed by atoms with van der Waals surface area (Å²) in [7, 11) is 2.02. The van der Waals surface area contributed by atoms with Crippen LogP contribution < -0.4 is 5.32 Å². The minimum Gasteiger partial charge on any atom is -0.393 e. The minimum absolute atomic E-state index is 0.0264. The van der Waals surface area contributed by atoms with Gasteiger partial charge in [0.05, 0.1) is 6.10 Å². The van der Waals surface area contributed by atoms with Crippen molar-refractivity contribution in [2.24, 2.45) is 5.41 Å². The second-order valence-corrected chi connectivity index (χ2v) is 4.12. The van der Waals surface area contributed by atoms with Crippen molar-refractivity contribution in [3.63, 3.8) is 0 Å². The van der Waals surface area contributed by atoms with Crippen molar-refractivity contribution in [2.45, 2.75) is 45.1 Å². The van der Waals surface area contributed by atoms with E-state index in [1.165, 1.54) is 19.3 Å². The Morgan fingerprint density at radius 3 is 2.42 bits per heavy atom. The van der Waals surface area contributed by atoms with Gasteiger partial charge in [-0.3, -0.25) is 0 Å². The molecule has 0 aromatic rings. The van der Waals surface area contributed by atoms with E-state index >= 15 is 0 Å². The summed E-state index contributed by atoms with van der Waals surface area (Å²) in [6.07, 6.45) is 5.57. The van der Waals surface area contributed by atoms with Gasteiger partial charge in [-0.05, 0) is 44.6 Å². The van der Waals surface area contributed by atoms with E-state index in [4.69, 9.17) is 0 Å². The van der Waals surface area contributed by atoms with Gasteiger partial charge >= 0.3 is 0 Å². The molecular formula is C10H21NO. The zero-order valence-corrected chi connectivity index (χ0v) is 8.27. The minimum atomic E-state index is -0.0264. The van der Waals surface area contributed by atoms with E-state index in [0.717, 1.165) is 19.4 Å². The fraction of sp³-hybridized carbons (Fsp3) is 1.00. The average Bonchev–Trinajstić information content (AvgIpc) is 2.10. The Kier molecular flexibility index (Phi) is 3.53. The van der Waals surface area contributed by atoms with E-state index < -0.39 is 0 Å². The highest BCUT2D eigenvalue weighted by Crippen LogP contribution is 2.38. The lowest BCUT2D eigenvalue weighted by atomic mass is 9.71. The third kappa shape index (κ3) is 2.20. The van der Waals surface area contributed by atoms with Crippen LogP contribution in [0.3, 0.4) is 0 Å². The molecule has 0 heterocycles. The Morgan fingerprint density at radius 1 is 1.42 bits per heavy atom. The standard InChI is InChI=1S/C10H21NO/c1-3-10(8-11-2)6-4-9(12)5-7-10/h9,11-12H,3-8H2,1-2H3. The van der Waals surface area contributed by atoms with Crippen molar-refractivity contribution in [2.75, 3.05) is 13.6 Å². The molecule has 0 saturated heterocycles. The zero-order chi connectivity index (χ0) is 9.03. The van der Waals surface area contributed by atoms with Crippen molar-refractivity contribution in [3.8, 4) is 0 Å². The van der Waals surface area contributed by atoms with Crippen LogP contribution in [0.4, 0.5) is 0 Å². The normalized spacial score (nSPS) is 36.8. The van der Waals surface area contributed by atoms with Crippen molar-refractivity contribution < 1.29 is 5.11 Å². The van der Waals surface area contributed by atoms with E-state index in [0.29, 0.717) is 5.41 Å². The molecule has 0 aromatic carbocycles. The molecule has 0 aliphatic heterocycles. The third-order valence-electron chi connectivity index (χ3n) is 3.32. The maximum atomic E-state index is 9.38. The first-order valence-corrected chi connectivity index (χ1v) is 5.05. The van der Waals surface area contributed by atoms with E-state index in [1.807, 2.05) is 7.05 Å². The largest absolute Gasteiger partial charge is 0.393 e. The maximum absolute atomic E-state index is 9.38. The Hall–Kier alpha value is -0.0800. The molecule has 1 aliphatic carbocycles. The molecule has 12 heavy (non-hydrogen) atoms. The summed E-state index contributed by atoms with van der Waals surface area (Å²) in [4.78, 5) is 0. The molecular weight excluding hydrogens is 150 g/mol. The molecule has 2 N–H and O–H groups in total. The molecule has 1 aliphatic rings. The van der Waals surface area contributed by atoms with E-state index in [-0.39, 0.29) is 6.10 Å². The lowest BCUT2D eigenvalue weighted by Gasteiger charge is -2.38. The summed E-state index contributed by atoms with van der Waals surface area (Å²) in [6.45, 7) is 3.37. The summed E-state index contributed by atoms with van der Waals surface area (Å²) < 4.78 is 0. The molecule has 0 amide bonds. The Bertz CT molecular complexity index is 128. The molecule has 1 rings (SSSR count). The zero-order valence-electron chi connectivity index (χ0n) is 8.27. The highest BCUT2D eigenvalue weighted by molar-refractivity contribution is 4.85. The summed E-state index contributed by atoms with van der Waals surface area (Å²) in [5.74, 6) is 0. The Morgan fingerprint density at radius 2 is 2.00 bits per heavy atom. The van der Waals surface area contributed by atoms with E-state index in [2.05, 4.69) is 12.2 Å². The van der Waals surface area contributed by atoms with Crippen LogP contribution in [0.15, 0.2) is 0 Å². The topological polar surface area (TPSA) is 32.3 Å². The van der Waals surface area contributed by atoms with E-state index in [1.54, 1.807) is 0 Å². The fourth-order valence-electron chi connectivity index (χ4n) is 2.25. The molecule has 72 valence electrons. The molecule has 0 atom stereocenters. The van der Waals surface area contributed by atoms with Crippen molar-refractivity contribution in [1.82, 2.24) is 5.32 Å². The summed E-state index contributed by atoms with van der Waals surface area (Å²) in [6, 6.07) is 0. The van der Waals surface area contributed by atoms with Crippen molar-refractivity contribution in [3.05, 3.63) is 0 Å². The molecule has 1 saturated carbocycles. The van der Waals surface area contributed by atoms with Crippen LogP contribution >= 0.6 is 0 Å². The lowest BCUT2D eigenvalue weighted by Crippen LogP contribution is -2.37. The summed E-state index contributed by atoms with van der Waals surface area (Å²) >= 11 is 0. The van der Waals surface area contributed by atoms with Crippen LogP contribution in [0.1, 0.15) is 39.0 Å². The molecule has 0 radical (unpaired) electrons. The number of aliphatic hydroxyl groups excluding tert-OH is 1. The van der Waals surface area contributed by atoms with Gasteiger partial charge in [-0.25, -0.2) is 0 Å². The first kappa shape index (κ1) is 10.0. The van der Waals surface area contributed by atoms with Crippen LogP contribution in [-0.4, -0.2) is 24.8 Å². The molecule has 2 heteroatoms. The SMILES string of the molecule is CCC1(CNC)CCC(O)CC1.